The van der Waals surface area contributed by atoms with Crippen molar-refractivity contribution in [2.24, 2.45) is 0 Å². The predicted octanol–water partition coefficient (Wildman–Crippen LogP) is 3.38. The van der Waals surface area contributed by atoms with Crippen LogP contribution in [-0.4, -0.2) is 11.9 Å². The number of esters is 2. The molecule has 19 heavy (non-hydrogen) atoms. The normalized spacial score (nSPS) is 19.1. The highest BCUT2D eigenvalue weighted by Crippen LogP contribution is 2.28. The Morgan fingerprint density at radius 3 is 1.58 bits per heavy atom. The van der Waals surface area contributed by atoms with Gasteiger partial charge in [0.2, 0.25) is 0 Å². The zero-order valence-corrected chi connectivity index (χ0v) is 11.6. The van der Waals surface area contributed by atoms with Crippen LogP contribution in [0.3, 0.4) is 0 Å². The summed E-state index contributed by atoms with van der Waals surface area (Å²) in [4.78, 5) is 23.3. The van der Waals surface area contributed by atoms with Crippen molar-refractivity contribution in [1.29, 1.82) is 0 Å². The van der Waals surface area contributed by atoms with E-state index in [1.807, 2.05) is 13.8 Å². The summed E-state index contributed by atoms with van der Waals surface area (Å²) in [7, 11) is 0. The van der Waals surface area contributed by atoms with Crippen molar-refractivity contribution >= 4 is 11.9 Å². The van der Waals surface area contributed by atoms with Crippen LogP contribution in [0.2, 0.25) is 0 Å². The second kappa shape index (κ2) is 6.04. The van der Waals surface area contributed by atoms with E-state index < -0.39 is 11.9 Å². The van der Waals surface area contributed by atoms with Crippen LogP contribution in [0.5, 0.6) is 0 Å². The van der Waals surface area contributed by atoms with Crippen LogP contribution in [0.4, 0.5) is 0 Å². The van der Waals surface area contributed by atoms with Crippen molar-refractivity contribution in [2.75, 3.05) is 0 Å². The fourth-order valence-electron chi connectivity index (χ4n) is 2.47. The van der Waals surface area contributed by atoms with E-state index in [-0.39, 0.29) is 6.42 Å². The maximum absolute atomic E-state index is 11.6. The van der Waals surface area contributed by atoms with Gasteiger partial charge in [-0.1, -0.05) is 0 Å². The number of hydrogen-bond acceptors (Lipinski definition) is 4. The molecule has 0 atom stereocenters. The van der Waals surface area contributed by atoms with E-state index in [1.54, 1.807) is 0 Å². The first-order valence-corrected chi connectivity index (χ1v) is 6.85. The second-order valence-electron chi connectivity index (χ2n) is 5.24. The van der Waals surface area contributed by atoms with Crippen LogP contribution in [0.1, 0.15) is 58.8 Å². The molecule has 0 N–H and O–H groups in total. The molecule has 0 saturated carbocycles. The molecular weight excluding hydrogens is 244 g/mol. The third-order valence-corrected chi connectivity index (χ3v) is 3.63. The van der Waals surface area contributed by atoms with Gasteiger partial charge in [-0.25, -0.2) is 0 Å². The van der Waals surface area contributed by atoms with Gasteiger partial charge in [-0.15, -0.1) is 0 Å². The monoisotopic (exact) mass is 264 g/mol. The number of ether oxygens (including phenoxy) is 2. The lowest BCUT2D eigenvalue weighted by molar-refractivity contribution is -0.150. The third-order valence-electron chi connectivity index (χ3n) is 3.63. The van der Waals surface area contributed by atoms with E-state index in [9.17, 15) is 9.59 Å². The lowest BCUT2D eigenvalue weighted by Crippen LogP contribution is -2.13. The zero-order chi connectivity index (χ0) is 13.8. The molecule has 0 aromatic rings. The summed E-state index contributed by atoms with van der Waals surface area (Å²) in [5.41, 5.74) is 2.21. The molecule has 2 rings (SSSR count). The Hall–Kier alpha value is -1.58. The molecule has 0 fully saturated rings. The number of rotatable bonds is 4. The number of hydrogen-bond donors (Lipinski definition) is 0. The van der Waals surface area contributed by atoms with Gasteiger partial charge in [0.25, 0.3) is 0 Å². The van der Waals surface area contributed by atoms with Gasteiger partial charge in [-0.05, 0) is 50.7 Å². The lowest BCUT2D eigenvalue weighted by Gasteiger charge is -2.08. The zero-order valence-electron chi connectivity index (χ0n) is 11.6. The van der Waals surface area contributed by atoms with E-state index >= 15 is 0 Å². The van der Waals surface area contributed by atoms with E-state index in [1.165, 1.54) is 0 Å². The van der Waals surface area contributed by atoms with Crippen molar-refractivity contribution in [3.8, 4) is 0 Å². The number of carbonyl (C=O) groups is 2. The van der Waals surface area contributed by atoms with Gasteiger partial charge in [-0.3, -0.25) is 9.59 Å². The Labute approximate surface area is 113 Å². The van der Waals surface area contributed by atoms with Crippen molar-refractivity contribution < 1.29 is 19.1 Å². The fraction of sp³-hybridized carbons (Fsp3) is 0.600. The Morgan fingerprint density at radius 1 is 0.842 bits per heavy atom. The van der Waals surface area contributed by atoms with E-state index in [4.69, 9.17) is 9.47 Å². The molecule has 0 radical (unpaired) electrons. The Kier molecular flexibility index (Phi) is 4.40. The summed E-state index contributed by atoms with van der Waals surface area (Å²) in [6, 6.07) is 0. The van der Waals surface area contributed by atoms with E-state index in [0.717, 1.165) is 61.2 Å². The molecule has 2 aliphatic rings. The minimum Gasteiger partial charge on any atom is -0.431 e. The number of carbonyl (C=O) groups excluding carboxylic acids is 2. The average molecular weight is 264 g/mol. The lowest BCUT2D eigenvalue weighted by atomic mass is 10.3. The van der Waals surface area contributed by atoms with Gasteiger partial charge in [0.15, 0.2) is 0 Å². The summed E-state index contributed by atoms with van der Waals surface area (Å²) < 4.78 is 10.4. The quantitative estimate of drug-likeness (QED) is 0.577. The number of allylic oxidation sites excluding steroid dienone is 4. The van der Waals surface area contributed by atoms with Crippen LogP contribution in [0.25, 0.3) is 0 Å². The largest absolute Gasteiger partial charge is 0.431 e. The molecule has 0 saturated heterocycles. The first kappa shape index (κ1) is 13.8. The van der Waals surface area contributed by atoms with Gasteiger partial charge in [0.1, 0.15) is 17.9 Å². The van der Waals surface area contributed by atoms with Gasteiger partial charge < -0.3 is 9.47 Å². The first-order valence-electron chi connectivity index (χ1n) is 6.85. The highest BCUT2D eigenvalue weighted by molar-refractivity contribution is 5.92. The molecule has 0 aliphatic heterocycles. The molecule has 104 valence electrons. The topological polar surface area (TPSA) is 52.6 Å². The molecule has 2 aliphatic carbocycles. The summed E-state index contributed by atoms with van der Waals surface area (Å²) in [5, 5.41) is 0. The highest BCUT2D eigenvalue weighted by Gasteiger charge is 2.21. The SMILES string of the molecule is CC1=C(OC(=O)CC(=O)OC2=C(C)CCC2)CCC1. The summed E-state index contributed by atoms with van der Waals surface area (Å²) in [5.74, 6) is 0.429. The molecule has 0 spiro atoms. The molecule has 0 aromatic carbocycles. The smallest absolute Gasteiger partial charge is 0.322 e. The van der Waals surface area contributed by atoms with Crippen LogP contribution < -0.4 is 0 Å². The molecule has 0 unspecified atom stereocenters. The molecule has 4 heteroatoms. The minimum absolute atomic E-state index is 0.312. The molecule has 0 heterocycles. The van der Waals surface area contributed by atoms with Gasteiger partial charge >= 0.3 is 11.9 Å². The standard InChI is InChI=1S/C15H20O4/c1-10-5-3-7-12(10)18-14(16)9-15(17)19-13-8-4-6-11(13)2/h3-9H2,1-2H3. The first-order chi connectivity index (χ1) is 9.06. The molecule has 0 aromatic heterocycles. The molecular formula is C15H20O4. The van der Waals surface area contributed by atoms with Gasteiger partial charge in [-0.2, -0.15) is 0 Å². The maximum atomic E-state index is 11.6. The molecule has 4 nitrogen and oxygen atoms in total. The third kappa shape index (κ3) is 3.69. The molecule has 0 amide bonds. The van der Waals surface area contributed by atoms with Crippen LogP contribution in [0.15, 0.2) is 22.7 Å². The maximum Gasteiger partial charge on any atom is 0.322 e. The van der Waals surface area contributed by atoms with Gasteiger partial charge in [0.05, 0.1) is 0 Å². The highest BCUT2D eigenvalue weighted by atomic mass is 16.6. The van der Waals surface area contributed by atoms with E-state index in [2.05, 4.69) is 0 Å². The summed E-state index contributed by atoms with van der Waals surface area (Å²) in [6.07, 6.45) is 5.25. The Morgan fingerprint density at radius 2 is 1.26 bits per heavy atom. The average Bonchev–Trinajstić information content (AvgIpc) is 2.90. The molecule has 0 bridgehead atoms. The predicted molar refractivity (Wildman–Crippen MR) is 69.9 cm³/mol. The minimum atomic E-state index is -0.516. The fourth-order valence-corrected chi connectivity index (χ4v) is 2.47. The second-order valence-corrected chi connectivity index (χ2v) is 5.24. The van der Waals surface area contributed by atoms with Gasteiger partial charge in [0, 0.05) is 12.8 Å². The van der Waals surface area contributed by atoms with E-state index in [0.29, 0.717) is 0 Å². The summed E-state index contributed by atoms with van der Waals surface area (Å²) >= 11 is 0. The van der Waals surface area contributed by atoms with Crippen molar-refractivity contribution in [3.05, 3.63) is 22.7 Å². The Bertz CT molecular complexity index is 415. The van der Waals surface area contributed by atoms with Crippen LogP contribution in [0, 0.1) is 0 Å². The van der Waals surface area contributed by atoms with Crippen molar-refractivity contribution in [1.82, 2.24) is 0 Å². The Balaban J connectivity index is 1.81. The van der Waals surface area contributed by atoms with Crippen LogP contribution >= 0.6 is 0 Å². The van der Waals surface area contributed by atoms with Crippen LogP contribution in [-0.2, 0) is 19.1 Å². The van der Waals surface area contributed by atoms with Crippen molar-refractivity contribution in [3.63, 3.8) is 0 Å². The van der Waals surface area contributed by atoms with Crippen molar-refractivity contribution in [2.45, 2.75) is 58.8 Å². The summed E-state index contributed by atoms with van der Waals surface area (Å²) in [6.45, 7) is 3.92.